The van der Waals surface area contributed by atoms with Crippen molar-refractivity contribution in [3.63, 3.8) is 0 Å². The fraction of sp³-hybridized carbons (Fsp3) is 0.278. The van der Waals surface area contributed by atoms with Crippen molar-refractivity contribution in [2.45, 2.75) is 33.3 Å². The van der Waals surface area contributed by atoms with E-state index in [1.807, 2.05) is 39.0 Å². The van der Waals surface area contributed by atoms with Crippen LogP contribution in [0.15, 0.2) is 36.4 Å². The Labute approximate surface area is 140 Å². The van der Waals surface area contributed by atoms with E-state index >= 15 is 0 Å². The normalized spacial score (nSPS) is 11.9. The molecule has 0 heterocycles. The predicted molar refractivity (Wildman–Crippen MR) is 90.7 cm³/mol. The summed E-state index contributed by atoms with van der Waals surface area (Å²) in [5, 5.41) is 2.66. The lowest BCUT2D eigenvalue weighted by Crippen LogP contribution is -2.32. The first-order valence-corrected chi connectivity index (χ1v) is 7.78. The molecule has 3 nitrogen and oxygen atoms in total. The molecule has 0 bridgehead atoms. The summed E-state index contributed by atoms with van der Waals surface area (Å²) >= 11 is 5.72. The number of halogens is 2. The number of rotatable bonds is 5. The number of nitrogens with one attached hydrogen (secondary N) is 1. The summed E-state index contributed by atoms with van der Waals surface area (Å²) in [4.78, 5) is 12.4. The Bertz CT molecular complexity index is 718. The molecule has 1 amide bonds. The van der Waals surface area contributed by atoms with Gasteiger partial charge in [-0.25, -0.2) is 4.39 Å². The van der Waals surface area contributed by atoms with Gasteiger partial charge in [-0.05, 0) is 55.7 Å². The van der Waals surface area contributed by atoms with Crippen molar-refractivity contribution in [3.05, 3.63) is 58.4 Å². The molecule has 122 valence electrons. The second-order valence-electron chi connectivity index (χ2n) is 5.40. The van der Waals surface area contributed by atoms with E-state index in [0.717, 1.165) is 11.1 Å². The summed E-state index contributed by atoms with van der Waals surface area (Å²) in [6.45, 7) is 5.76. The topological polar surface area (TPSA) is 38.3 Å². The fourth-order valence-corrected chi connectivity index (χ4v) is 2.29. The molecular formula is C18H19ClFNO2. The van der Waals surface area contributed by atoms with E-state index in [2.05, 4.69) is 5.32 Å². The Kier molecular flexibility index (Phi) is 5.61. The van der Waals surface area contributed by atoms with Crippen LogP contribution in [0, 0.1) is 19.7 Å². The minimum atomic E-state index is -0.640. The highest BCUT2D eigenvalue weighted by atomic mass is 35.5. The van der Waals surface area contributed by atoms with Gasteiger partial charge in [-0.2, -0.15) is 0 Å². The molecule has 0 unspecified atom stereocenters. The molecule has 23 heavy (non-hydrogen) atoms. The maximum absolute atomic E-state index is 13.2. The molecule has 5 heteroatoms. The highest BCUT2D eigenvalue weighted by Gasteiger charge is 2.19. The third-order valence-corrected chi connectivity index (χ3v) is 3.75. The molecular weight excluding hydrogens is 317 g/mol. The van der Waals surface area contributed by atoms with Gasteiger partial charge in [0.25, 0.3) is 5.91 Å². The Morgan fingerprint density at radius 1 is 1.26 bits per heavy atom. The van der Waals surface area contributed by atoms with Crippen molar-refractivity contribution < 1.29 is 13.9 Å². The lowest BCUT2D eigenvalue weighted by molar-refractivity contribution is -0.122. The van der Waals surface area contributed by atoms with Gasteiger partial charge in [-0.1, -0.05) is 30.7 Å². The number of benzene rings is 2. The molecule has 0 saturated heterocycles. The van der Waals surface area contributed by atoms with Crippen molar-refractivity contribution in [2.24, 2.45) is 0 Å². The number of carbonyl (C=O) groups is 1. The molecule has 0 saturated carbocycles. The molecule has 0 aromatic heterocycles. The molecule has 0 aliphatic heterocycles. The van der Waals surface area contributed by atoms with E-state index in [0.29, 0.717) is 17.9 Å². The number of ether oxygens (including phenoxy) is 1. The summed E-state index contributed by atoms with van der Waals surface area (Å²) in [6.07, 6.45) is -0.131. The smallest absolute Gasteiger partial charge is 0.265 e. The Morgan fingerprint density at radius 3 is 2.65 bits per heavy atom. The molecule has 0 aliphatic carbocycles. The van der Waals surface area contributed by atoms with Crippen LogP contribution in [0.1, 0.15) is 24.5 Å². The predicted octanol–water partition coefficient (Wildman–Crippen LogP) is 4.89. The second-order valence-corrected chi connectivity index (χ2v) is 5.81. The van der Waals surface area contributed by atoms with Gasteiger partial charge in [0.05, 0.1) is 5.02 Å². The van der Waals surface area contributed by atoms with Gasteiger partial charge in [0.15, 0.2) is 6.10 Å². The lowest BCUT2D eigenvalue weighted by Gasteiger charge is -2.19. The molecule has 2 aromatic rings. The Balaban J connectivity index is 2.11. The Hall–Kier alpha value is -2.07. The van der Waals surface area contributed by atoms with Gasteiger partial charge >= 0.3 is 0 Å². The van der Waals surface area contributed by atoms with Crippen LogP contribution < -0.4 is 10.1 Å². The van der Waals surface area contributed by atoms with Crippen LogP contribution in [0.25, 0.3) is 0 Å². The van der Waals surface area contributed by atoms with Crippen LogP contribution in [0.4, 0.5) is 10.1 Å². The van der Waals surface area contributed by atoms with E-state index in [4.69, 9.17) is 16.3 Å². The summed E-state index contributed by atoms with van der Waals surface area (Å²) < 4.78 is 19.0. The van der Waals surface area contributed by atoms with Gasteiger partial charge in [0.2, 0.25) is 0 Å². The number of hydrogen-bond acceptors (Lipinski definition) is 2. The van der Waals surface area contributed by atoms with Gasteiger partial charge in [0, 0.05) is 5.69 Å². The summed E-state index contributed by atoms with van der Waals surface area (Å²) in [5.41, 5.74) is 2.46. The summed E-state index contributed by atoms with van der Waals surface area (Å²) in [6, 6.07) is 9.90. The number of anilines is 1. The highest BCUT2D eigenvalue weighted by molar-refractivity contribution is 6.31. The van der Waals surface area contributed by atoms with Crippen LogP contribution >= 0.6 is 11.6 Å². The zero-order valence-electron chi connectivity index (χ0n) is 13.3. The zero-order chi connectivity index (χ0) is 17.0. The summed E-state index contributed by atoms with van der Waals surface area (Å²) in [5.74, 6) is -0.136. The van der Waals surface area contributed by atoms with Crippen molar-refractivity contribution >= 4 is 23.2 Å². The quantitative estimate of drug-likeness (QED) is 0.844. The summed E-state index contributed by atoms with van der Waals surface area (Å²) in [7, 11) is 0. The van der Waals surface area contributed by atoms with Crippen molar-refractivity contribution in [1.29, 1.82) is 0 Å². The zero-order valence-corrected chi connectivity index (χ0v) is 14.1. The van der Waals surface area contributed by atoms with E-state index in [-0.39, 0.29) is 10.9 Å². The number of carbonyl (C=O) groups excluding carboxylic acids is 1. The van der Waals surface area contributed by atoms with E-state index < -0.39 is 11.9 Å². The van der Waals surface area contributed by atoms with Gasteiger partial charge in [-0.15, -0.1) is 0 Å². The average Bonchev–Trinajstić information content (AvgIpc) is 2.51. The van der Waals surface area contributed by atoms with Gasteiger partial charge < -0.3 is 10.1 Å². The molecule has 0 spiro atoms. The standard InChI is InChI=1S/C18H19ClFNO2/c1-4-16(23-17-9-11(2)5-6-12(17)3)18(22)21-13-7-8-15(20)14(19)10-13/h5-10,16H,4H2,1-3H3,(H,21,22)/t16-/m1/s1. The van der Waals surface area contributed by atoms with Gasteiger partial charge in [-0.3, -0.25) is 4.79 Å². The molecule has 0 aliphatic rings. The Morgan fingerprint density at radius 2 is 2.00 bits per heavy atom. The largest absolute Gasteiger partial charge is 0.480 e. The molecule has 0 radical (unpaired) electrons. The maximum Gasteiger partial charge on any atom is 0.265 e. The molecule has 2 rings (SSSR count). The van der Waals surface area contributed by atoms with E-state index in [9.17, 15) is 9.18 Å². The molecule has 0 fully saturated rings. The fourth-order valence-electron chi connectivity index (χ4n) is 2.11. The molecule has 1 atom stereocenters. The first kappa shape index (κ1) is 17.3. The number of amides is 1. The number of aryl methyl sites for hydroxylation is 2. The minimum absolute atomic E-state index is 0.0358. The maximum atomic E-state index is 13.2. The minimum Gasteiger partial charge on any atom is -0.480 e. The monoisotopic (exact) mass is 335 g/mol. The van der Waals surface area contributed by atoms with E-state index in [1.165, 1.54) is 18.2 Å². The third-order valence-electron chi connectivity index (χ3n) is 3.46. The van der Waals surface area contributed by atoms with Crippen LogP contribution in [-0.2, 0) is 4.79 Å². The first-order chi connectivity index (χ1) is 10.9. The van der Waals surface area contributed by atoms with Crippen LogP contribution in [0.5, 0.6) is 5.75 Å². The van der Waals surface area contributed by atoms with Crippen LogP contribution in [0.2, 0.25) is 5.02 Å². The molecule has 2 aromatic carbocycles. The SMILES string of the molecule is CC[C@@H](Oc1cc(C)ccc1C)C(=O)Nc1ccc(F)c(Cl)c1. The average molecular weight is 336 g/mol. The van der Waals surface area contributed by atoms with Crippen molar-refractivity contribution in [1.82, 2.24) is 0 Å². The van der Waals surface area contributed by atoms with E-state index in [1.54, 1.807) is 0 Å². The third kappa shape index (κ3) is 4.45. The second kappa shape index (κ2) is 7.47. The molecule has 1 N–H and O–H groups in total. The first-order valence-electron chi connectivity index (χ1n) is 7.40. The van der Waals surface area contributed by atoms with Gasteiger partial charge in [0.1, 0.15) is 11.6 Å². The van der Waals surface area contributed by atoms with Crippen LogP contribution in [0.3, 0.4) is 0 Å². The highest BCUT2D eigenvalue weighted by Crippen LogP contribution is 2.23. The lowest BCUT2D eigenvalue weighted by atomic mass is 10.1. The van der Waals surface area contributed by atoms with Crippen molar-refractivity contribution in [3.8, 4) is 5.75 Å². The van der Waals surface area contributed by atoms with Crippen LogP contribution in [-0.4, -0.2) is 12.0 Å². The number of hydrogen-bond donors (Lipinski definition) is 1. The van der Waals surface area contributed by atoms with Crippen molar-refractivity contribution in [2.75, 3.05) is 5.32 Å².